The van der Waals surface area contributed by atoms with Crippen molar-refractivity contribution in [3.63, 3.8) is 0 Å². The first kappa shape index (κ1) is 19.4. The van der Waals surface area contributed by atoms with Gasteiger partial charge >= 0.3 is 5.97 Å². The Morgan fingerprint density at radius 2 is 1.77 bits per heavy atom. The molecule has 1 aromatic rings. The lowest BCUT2D eigenvalue weighted by Gasteiger charge is -2.59. The molecule has 0 bridgehead atoms. The number of aliphatic hydroxyl groups excluding tert-OH is 1. The highest BCUT2D eigenvalue weighted by Gasteiger charge is 2.60. The van der Waals surface area contributed by atoms with Gasteiger partial charge in [0, 0.05) is 5.92 Å². The zero-order valence-corrected chi connectivity index (χ0v) is 16.3. The van der Waals surface area contributed by atoms with Crippen molar-refractivity contribution in [1.29, 1.82) is 0 Å². The summed E-state index contributed by atoms with van der Waals surface area (Å²) < 4.78 is 6.06. The van der Waals surface area contributed by atoms with Crippen LogP contribution in [0.25, 0.3) is 0 Å². The van der Waals surface area contributed by atoms with Gasteiger partial charge in [-0.1, -0.05) is 39.0 Å². The summed E-state index contributed by atoms with van der Waals surface area (Å²) in [6, 6.07) is 9.02. The number of benzene rings is 1. The molecule has 4 nitrogen and oxygen atoms in total. The molecule has 6 unspecified atom stereocenters. The average molecular weight is 360 g/mol. The van der Waals surface area contributed by atoms with Gasteiger partial charge in [-0.25, -0.2) is 4.79 Å². The van der Waals surface area contributed by atoms with Crippen molar-refractivity contribution in [2.45, 2.75) is 71.2 Å². The van der Waals surface area contributed by atoms with E-state index in [0.717, 1.165) is 19.3 Å². The number of fused-ring (bicyclic) bond motifs is 1. The molecule has 2 fully saturated rings. The SMILES string of the molecule is CC(C)C1CCC2(C)CCC(O)C(C)(O)C2C1OC(=O)c1ccccc1. The number of esters is 1. The van der Waals surface area contributed by atoms with Gasteiger partial charge in [0.05, 0.1) is 17.3 Å². The van der Waals surface area contributed by atoms with Gasteiger partial charge in [-0.2, -0.15) is 0 Å². The zero-order chi connectivity index (χ0) is 19.1. The van der Waals surface area contributed by atoms with Gasteiger partial charge in [-0.05, 0) is 62.0 Å². The Balaban J connectivity index is 1.96. The van der Waals surface area contributed by atoms with Crippen molar-refractivity contribution in [3.8, 4) is 0 Å². The molecule has 1 aromatic carbocycles. The van der Waals surface area contributed by atoms with Gasteiger partial charge in [-0.15, -0.1) is 0 Å². The summed E-state index contributed by atoms with van der Waals surface area (Å²) in [4.78, 5) is 12.8. The van der Waals surface area contributed by atoms with Gasteiger partial charge < -0.3 is 14.9 Å². The van der Waals surface area contributed by atoms with E-state index in [0.29, 0.717) is 17.9 Å². The molecule has 0 amide bonds. The van der Waals surface area contributed by atoms with E-state index in [9.17, 15) is 15.0 Å². The van der Waals surface area contributed by atoms with Crippen LogP contribution in [-0.4, -0.2) is 34.0 Å². The summed E-state index contributed by atoms with van der Waals surface area (Å²) >= 11 is 0. The molecule has 0 saturated heterocycles. The third-order valence-corrected chi connectivity index (χ3v) is 6.95. The van der Waals surface area contributed by atoms with Crippen molar-refractivity contribution in [1.82, 2.24) is 0 Å². The molecule has 4 heteroatoms. The summed E-state index contributed by atoms with van der Waals surface area (Å²) in [5, 5.41) is 21.7. The molecule has 0 aromatic heterocycles. The van der Waals surface area contributed by atoms with E-state index in [1.165, 1.54) is 0 Å². The van der Waals surface area contributed by atoms with E-state index < -0.39 is 17.8 Å². The van der Waals surface area contributed by atoms with Crippen molar-refractivity contribution in [2.24, 2.45) is 23.2 Å². The second-order valence-corrected chi connectivity index (χ2v) is 9.09. The molecule has 3 rings (SSSR count). The van der Waals surface area contributed by atoms with Crippen molar-refractivity contribution in [3.05, 3.63) is 35.9 Å². The molecule has 2 aliphatic rings. The molecule has 0 aliphatic heterocycles. The molecular formula is C22H32O4. The van der Waals surface area contributed by atoms with E-state index in [4.69, 9.17) is 4.74 Å². The second kappa shape index (κ2) is 6.97. The number of rotatable bonds is 3. The molecule has 144 valence electrons. The number of carbonyl (C=O) groups excluding carboxylic acids is 1. The lowest BCUT2D eigenvalue weighted by Crippen LogP contribution is -2.64. The predicted octanol–water partition coefficient (Wildman–Crippen LogP) is 3.81. The monoisotopic (exact) mass is 360 g/mol. The van der Waals surface area contributed by atoms with Crippen LogP contribution in [-0.2, 0) is 4.74 Å². The Hall–Kier alpha value is -1.39. The fraction of sp³-hybridized carbons (Fsp3) is 0.682. The lowest BCUT2D eigenvalue weighted by atomic mass is 9.50. The van der Waals surface area contributed by atoms with Gasteiger partial charge in [-0.3, -0.25) is 0 Å². The molecule has 26 heavy (non-hydrogen) atoms. The number of carbonyl (C=O) groups is 1. The Bertz CT molecular complexity index is 634. The minimum Gasteiger partial charge on any atom is -0.458 e. The van der Waals surface area contributed by atoms with Crippen LogP contribution >= 0.6 is 0 Å². The van der Waals surface area contributed by atoms with Crippen LogP contribution in [0.2, 0.25) is 0 Å². The smallest absolute Gasteiger partial charge is 0.338 e. The summed E-state index contributed by atoms with van der Waals surface area (Å²) in [5.74, 6) is -0.102. The van der Waals surface area contributed by atoms with Crippen molar-refractivity contribution >= 4 is 5.97 Å². The molecule has 2 aliphatic carbocycles. The third-order valence-electron chi connectivity index (χ3n) is 6.95. The summed E-state index contributed by atoms with van der Waals surface area (Å²) in [6.45, 7) is 8.18. The minimum atomic E-state index is -1.26. The van der Waals surface area contributed by atoms with E-state index in [-0.39, 0.29) is 23.2 Å². The maximum Gasteiger partial charge on any atom is 0.338 e. The van der Waals surface area contributed by atoms with Gasteiger partial charge in [0.2, 0.25) is 0 Å². The quantitative estimate of drug-likeness (QED) is 0.805. The highest BCUT2D eigenvalue weighted by molar-refractivity contribution is 5.89. The van der Waals surface area contributed by atoms with Crippen LogP contribution in [0.1, 0.15) is 63.7 Å². The fourth-order valence-electron chi connectivity index (χ4n) is 5.38. The second-order valence-electron chi connectivity index (χ2n) is 9.09. The molecule has 0 heterocycles. The zero-order valence-electron chi connectivity index (χ0n) is 16.3. The topological polar surface area (TPSA) is 66.8 Å². The minimum absolute atomic E-state index is 0.129. The largest absolute Gasteiger partial charge is 0.458 e. The lowest BCUT2D eigenvalue weighted by molar-refractivity contribution is -0.225. The number of ether oxygens (including phenoxy) is 1. The highest BCUT2D eigenvalue weighted by Crippen LogP contribution is 2.57. The van der Waals surface area contributed by atoms with Crippen LogP contribution in [0.4, 0.5) is 0 Å². The van der Waals surface area contributed by atoms with E-state index in [2.05, 4.69) is 20.8 Å². The maximum absolute atomic E-state index is 12.8. The van der Waals surface area contributed by atoms with Gasteiger partial charge in [0.15, 0.2) is 0 Å². The van der Waals surface area contributed by atoms with Gasteiger partial charge in [0.1, 0.15) is 6.10 Å². The Labute approximate surface area is 156 Å². The molecular weight excluding hydrogens is 328 g/mol. The van der Waals surface area contributed by atoms with E-state index in [1.807, 2.05) is 18.2 Å². The predicted molar refractivity (Wildman–Crippen MR) is 101 cm³/mol. The van der Waals surface area contributed by atoms with Crippen LogP contribution in [0.5, 0.6) is 0 Å². The molecule has 6 atom stereocenters. The van der Waals surface area contributed by atoms with Crippen LogP contribution < -0.4 is 0 Å². The standard InChI is InChI=1S/C22H32O4/c1-14(2)16-10-12-21(3)13-11-17(23)22(4,25)19(21)18(16)26-20(24)15-8-6-5-7-9-15/h5-9,14,16-19,23,25H,10-13H2,1-4H3. The number of hydrogen-bond acceptors (Lipinski definition) is 4. The average Bonchev–Trinajstić information content (AvgIpc) is 2.59. The summed E-state index contributed by atoms with van der Waals surface area (Å²) in [6.07, 6.45) is 2.22. The van der Waals surface area contributed by atoms with Gasteiger partial charge in [0.25, 0.3) is 0 Å². The summed E-state index contributed by atoms with van der Waals surface area (Å²) in [7, 11) is 0. The van der Waals surface area contributed by atoms with Crippen LogP contribution in [0, 0.1) is 23.2 Å². The van der Waals surface area contributed by atoms with E-state index >= 15 is 0 Å². The first-order chi connectivity index (χ1) is 12.2. The Kier molecular flexibility index (Phi) is 5.19. The first-order valence-corrected chi connectivity index (χ1v) is 9.83. The third kappa shape index (κ3) is 3.29. The Morgan fingerprint density at radius 3 is 2.38 bits per heavy atom. The number of aliphatic hydroxyl groups is 2. The molecule has 0 radical (unpaired) electrons. The molecule has 2 N–H and O–H groups in total. The first-order valence-electron chi connectivity index (χ1n) is 9.83. The number of hydrogen-bond donors (Lipinski definition) is 2. The maximum atomic E-state index is 12.8. The molecule has 2 saturated carbocycles. The normalized spacial score (nSPS) is 40.1. The molecule has 0 spiro atoms. The van der Waals surface area contributed by atoms with E-state index in [1.54, 1.807) is 19.1 Å². The summed E-state index contributed by atoms with van der Waals surface area (Å²) in [5.41, 5.74) is -0.865. The van der Waals surface area contributed by atoms with Crippen molar-refractivity contribution in [2.75, 3.05) is 0 Å². The van der Waals surface area contributed by atoms with Crippen LogP contribution in [0.15, 0.2) is 30.3 Å². The Morgan fingerprint density at radius 1 is 1.15 bits per heavy atom. The van der Waals surface area contributed by atoms with Crippen molar-refractivity contribution < 1.29 is 19.7 Å². The van der Waals surface area contributed by atoms with Crippen LogP contribution in [0.3, 0.4) is 0 Å². The highest BCUT2D eigenvalue weighted by atomic mass is 16.5. The fourth-order valence-corrected chi connectivity index (χ4v) is 5.38.